The van der Waals surface area contributed by atoms with Crippen LogP contribution < -0.4 is 11.1 Å². The van der Waals surface area contributed by atoms with Crippen LogP contribution in [0.1, 0.15) is 25.7 Å². The van der Waals surface area contributed by atoms with Crippen LogP contribution in [0.4, 0.5) is 4.79 Å². The van der Waals surface area contributed by atoms with Crippen LogP contribution in [-0.4, -0.2) is 23.6 Å². The molecule has 1 aliphatic carbocycles. The first-order chi connectivity index (χ1) is 6.59. The van der Waals surface area contributed by atoms with E-state index >= 15 is 0 Å². The Morgan fingerprint density at radius 1 is 1.43 bits per heavy atom. The predicted octanol–water partition coefficient (Wildman–Crippen LogP) is 0.996. The van der Waals surface area contributed by atoms with Crippen LogP contribution in [0, 0.1) is 17.2 Å². The molecular weight excluding hydrogens is 182 g/mol. The molecule has 5 nitrogen and oxygen atoms in total. The van der Waals surface area contributed by atoms with E-state index in [1.54, 1.807) is 0 Å². The molecule has 0 unspecified atom stereocenters. The second-order valence-corrected chi connectivity index (χ2v) is 3.86. The van der Waals surface area contributed by atoms with Crippen LogP contribution in [-0.2, 0) is 0 Å². The van der Waals surface area contributed by atoms with Gasteiger partial charge in [-0.25, -0.2) is 4.79 Å². The maximum absolute atomic E-state index is 10.2. The summed E-state index contributed by atoms with van der Waals surface area (Å²) in [6.45, 7) is 0.528. The van der Waals surface area contributed by atoms with Crippen molar-refractivity contribution in [3.05, 3.63) is 0 Å². The summed E-state index contributed by atoms with van der Waals surface area (Å²) in [6, 6.07) is 0. The molecule has 1 saturated carbocycles. The fraction of sp³-hybridized carbons (Fsp3) is 0.778. The highest BCUT2D eigenvalue weighted by molar-refractivity contribution is 5.79. The number of carboxylic acid groups (broad SMARTS) is 1. The Balaban J connectivity index is 2.22. The van der Waals surface area contributed by atoms with Crippen molar-refractivity contribution >= 4 is 11.9 Å². The first-order valence-corrected chi connectivity index (χ1v) is 4.90. The Hall–Kier alpha value is -1.26. The number of amidine groups is 1. The predicted molar refractivity (Wildman–Crippen MR) is 53.4 cm³/mol. The van der Waals surface area contributed by atoms with E-state index in [1.807, 2.05) is 0 Å². The number of nitrogens with two attached hydrogens (primary N) is 1. The third kappa shape index (κ3) is 3.24. The van der Waals surface area contributed by atoms with Gasteiger partial charge in [-0.3, -0.25) is 5.41 Å². The van der Waals surface area contributed by atoms with Gasteiger partial charge in [0.2, 0.25) is 0 Å². The van der Waals surface area contributed by atoms with Crippen molar-refractivity contribution in [2.24, 2.45) is 17.6 Å². The van der Waals surface area contributed by atoms with E-state index in [0.29, 0.717) is 12.5 Å². The summed E-state index contributed by atoms with van der Waals surface area (Å²) < 4.78 is 0. The van der Waals surface area contributed by atoms with Gasteiger partial charge in [0.15, 0.2) is 0 Å². The third-order valence-corrected chi connectivity index (χ3v) is 2.83. The van der Waals surface area contributed by atoms with Crippen LogP contribution in [0.2, 0.25) is 0 Å². The summed E-state index contributed by atoms with van der Waals surface area (Å²) in [4.78, 5) is 10.2. The van der Waals surface area contributed by atoms with Crippen molar-refractivity contribution in [3.8, 4) is 0 Å². The van der Waals surface area contributed by atoms with Crippen LogP contribution in [0.25, 0.3) is 0 Å². The van der Waals surface area contributed by atoms with Crippen LogP contribution >= 0.6 is 0 Å². The van der Waals surface area contributed by atoms with E-state index in [9.17, 15) is 4.79 Å². The molecule has 1 amide bonds. The van der Waals surface area contributed by atoms with Crippen molar-refractivity contribution in [2.75, 3.05) is 6.54 Å². The lowest BCUT2D eigenvalue weighted by Crippen LogP contribution is -2.33. The van der Waals surface area contributed by atoms with E-state index in [1.165, 1.54) is 0 Å². The summed E-state index contributed by atoms with van der Waals surface area (Å²) in [5, 5.41) is 18.1. The zero-order valence-electron chi connectivity index (χ0n) is 8.12. The highest BCUT2D eigenvalue weighted by Crippen LogP contribution is 2.27. The Bertz CT molecular complexity index is 222. The summed E-state index contributed by atoms with van der Waals surface area (Å²) in [5.74, 6) is 0.910. The average molecular weight is 199 g/mol. The minimum atomic E-state index is -0.960. The molecule has 1 fully saturated rings. The van der Waals surface area contributed by atoms with Crippen molar-refractivity contribution in [3.63, 3.8) is 0 Å². The molecule has 0 atom stereocenters. The van der Waals surface area contributed by atoms with E-state index < -0.39 is 6.09 Å². The standard InChI is InChI=1S/C9H17N3O2/c10-8(11)7-3-1-6(2-4-7)5-12-9(13)14/h6-7,12H,1-5H2,(H3,10,11)(H,13,14). The molecule has 0 heterocycles. The molecule has 1 rings (SSSR count). The number of rotatable bonds is 3. The van der Waals surface area contributed by atoms with Crippen molar-refractivity contribution in [2.45, 2.75) is 25.7 Å². The zero-order chi connectivity index (χ0) is 10.6. The third-order valence-electron chi connectivity index (χ3n) is 2.83. The molecule has 1 aliphatic rings. The summed E-state index contributed by atoms with van der Waals surface area (Å²) in [7, 11) is 0. The van der Waals surface area contributed by atoms with Crippen LogP contribution in [0.3, 0.4) is 0 Å². The van der Waals surface area contributed by atoms with E-state index in [4.69, 9.17) is 16.2 Å². The summed E-state index contributed by atoms with van der Waals surface area (Å²) in [6.07, 6.45) is 2.80. The molecule has 0 bridgehead atoms. The topological polar surface area (TPSA) is 99.2 Å². The largest absolute Gasteiger partial charge is 0.465 e. The smallest absolute Gasteiger partial charge is 0.404 e. The van der Waals surface area contributed by atoms with Crippen LogP contribution in [0.15, 0.2) is 0 Å². The second kappa shape index (κ2) is 4.83. The number of amides is 1. The molecule has 0 spiro atoms. The Kier molecular flexibility index (Phi) is 3.73. The van der Waals surface area contributed by atoms with Gasteiger partial charge < -0.3 is 16.2 Å². The summed E-state index contributed by atoms with van der Waals surface area (Å²) >= 11 is 0. The number of carbonyl (C=O) groups is 1. The Morgan fingerprint density at radius 2 is 2.00 bits per heavy atom. The molecule has 0 aromatic rings. The minimum absolute atomic E-state index is 0.219. The van der Waals surface area contributed by atoms with Gasteiger partial charge in [0, 0.05) is 12.5 Å². The molecule has 80 valence electrons. The molecule has 0 aromatic carbocycles. The average Bonchev–Trinajstić information content (AvgIpc) is 2.15. The number of hydrogen-bond donors (Lipinski definition) is 4. The quantitative estimate of drug-likeness (QED) is 0.403. The van der Waals surface area contributed by atoms with Gasteiger partial charge in [0.05, 0.1) is 5.84 Å². The van der Waals surface area contributed by atoms with Gasteiger partial charge in [-0.2, -0.15) is 0 Å². The lowest BCUT2D eigenvalue weighted by atomic mass is 9.81. The molecular formula is C9H17N3O2. The normalized spacial score (nSPS) is 26.9. The van der Waals surface area contributed by atoms with Gasteiger partial charge in [-0.15, -0.1) is 0 Å². The lowest BCUT2D eigenvalue weighted by molar-refractivity contribution is 0.189. The number of hydrogen-bond acceptors (Lipinski definition) is 2. The molecule has 14 heavy (non-hydrogen) atoms. The van der Waals surface area contributed by atoms with Gasteiger partial charge in [-0.05, 0) is 31.6 Å². The molecule has 0 aliphatic heterocycles. The molecule has 0 saturated heterocycles. The fourth-order valence-electron chi connectivity index (χ4n) is 1.91. The maximum Gasteiger partial charge on any atom is 0.404 e. The number of nitrogens with one attached hydrogen (secondary N) is 2. The Labute approximate surface area is 83.2 Å². The van der Waals surface area contributed by atoms with Gasteiger partial charge >= 0.3 is 6.09 Å². The van der Waals surface area contributed by atoms with Gasteiger partial charge in [-0.1, -0.05) is 0 Å². The molecule has 5 heteroatoms. The van der Waals surface area contributed by atoms with Crippen molar-refractivity contribution in [1.29, 1.82) is 5.41 Å². The van der Waals surface area contributed by atoms with Crippen molar-refractivity contribution in [1.82, 2.24) is 5.32 Å². The van der Waals surface area contributed by atoms with Gasteiger partial charge in [0.1, 0.15) is 0 Å². The minimum Gasteiger partial charge on any atom is -0.465 e. The second-order valence-electron chi connectivity index (χ2n) is 3.86. The lowest BCUT2D eigenvalue weighted by Gasteiger charge is -2.27. The molecule has 0 aromatic heterocycles. The Morgan fingerprint density at radius 3 is 2.43 bits per heavy atom. The zero-order valence-corrected chi connectivity index (χ0v) is 8.12. The monoisotopic (exact) mass is 199 g/mol. The first kappa shape index (κ1) is 10.8. The van der Waals surface area contributed by atoms with Crippen LogP contribution in [0.5, 0.6) is 0 Å². The molecule has 5 N–H and O–H groups in total. The molecule has 0 radical (unpaired) electrons. The van der Waals surface area contributed by atoms with E-state index in [2.05, 4.69) is 5.32 Å². The highest BCUT2D eigenvalue weighted by Gasteiger charge is 2.22. The fourth-order valence-corrected chi connectivity index (χ4v) is 1.91. The van der Waals surface area contributed by atoms with E-state index in [-0.39, 0.29) is 11.8 Å². The highest BCUT2D eigenvalue weighted by atomic mass is 16.4. The maximum atomic E-state index is 10.2. The SMILES string of the molecule is N=C(N)C1CCC(CNC(=O)O)CC1. The van der Waals surface area contributed by atoms with Gasteiger partial charge in [0.25, 0.3) is 0 Å². The first-order valence-electron chi connectivity index (χ1n) is 4.90. The van der Waals surface area contributed by atoms with Crippen molar-refractivity contribution < 1.29 is 9.90 Å². The summed E-state index contributed by atoms with van der Waals surface area (Å²) in [5.41, 5.74) is 5.41. The van der Waals surface area contributed by atoms with E-state index in [0.717, 1.165) is 25.7 Å².